The number of aromatic nitrogens is 1. The first-order chi connectivity index (χ1) is 7.06. The van der Waals surface area contributed by atoms with Crippen LogP contribution in [-0.4, -0.2) is 17.1 Å². The highest BCUT2D eigenvalue weighted by atomic mass is 32.9. The van der Waals surface area contributed by atoms with Crippen LogP contribution in [-0.2, 0) is 9.53 Å². The minimum Gasteiger partial charge on any atom is -0.466 e. The van der Waals surface area contributed by atoms with Gasteiger partial charge in [-0.3, -0.25) is 19.0 Å². The van der Waals surface area contributed by atoms with Crippen LogP contribution in [0.4, 0.5) is 0 Å². The Labute approximate surface area is 93.3 Å². The van der Waals surface area contributed by atoms with Crippen molar-refractivity contribution in [1.29, 1.82) is 0 Å². The van der Waals surface area contributed by atoms with E-state index in [1.807, 2.05) is 0 Å². The van der Waals surface area contributed by atoms with E-state index in [1.165, 1.54) is 0 Å². The van der Waals surface area contributed by atoms with Crippen LogP contribution in [0.3, 0.4) is 0 Å². The van der Waals surface area contributed by atoms with Crippen LogP contribution in [0.15, 0.2) is 9.59 Å². The molecule has 0 aromatic carbocycles. The minimum absolute atomic E-state index is 0.0481. The normalized spacial score (nSPS) is 12.4. The zero-order valence-electron chi connectivity index (χ0n) is 8.39. The highest BCUT2D eigenvalue weighted by molar-refractivity contribution is 7.67. The molecule has 0 radical (unpaired) electrons. The maximum Gasteiger partial charge on any atom is 0.320 e. The smallest absolute Gasteiger partial charge is 0.320 e. The molecule has 0 N–H and O–H groups in total. The molecule has 0 aliphatic rings. The molecular weight excluding hydrogens is 238 g/mol. The zero-order valence-corrected chi connectivity index (χ0v) is 10.0. The Hall–Kier alpha value is -0.950. The molecule has 0 unspecified atom stereocenters. The average molecular weight is 249 g/mol. The van der Waals surface area contributed by atoms with Gasteiger partial charge in [-0.25, -0.2) is 0 Å². The molecule has 0 spiro atoms. The molecule has 0 saturated carbocycles. The summed E-state index contributed by atoms with van der Waals surface area (Å²) in [6.45, 7) is 3.66. The van der Waals surface area contributed by atoms with E-state index in [0.29, 0.717) is 6.61 Å². The van der Waals surface area contributed by atoms with Gasteiger partial charge in [-0.1, -0.05) is 0 Å². The molecule has 0 amide bonds. The third-order valence-corrected chi connectivity index (χ3v) is 3.65. The summed E-state index contributed by atoms with van der Waals surface area (Å²) in [7, 11) is 1.77. The van der Waals surface area contributed by atoms with Crippen LogP contribution in [0.2, 0.25) is 0 Å². The van der Waals surface area contributed by atoms with Crippen LogP contribution in [0, 0.1) is 0 Å². The summed E-state index contributed by atoms with van der Waals surface area (Å²) in [5.74, 6) is -0.396. The first-order valence-electron chi connectivity index (χ1n) is 4.43. The molecule has 0 aliphatic heterocycles. The Kier molecular flexibility index (Phi) is 4.22. The fourth-order valence-corrected chi connectivity index (χ4v) is 2.93. The topological polar surface area (TPSA) is 65.4 Å². The average Bonchev–Trinajstić information content (AvgIpc) is 2.46. The van der Waals surface area contributed by atoms with Crippen molar-refractivity contribution in [2.45, 2.75) is 26.3 Å². The lowest BCUT2D eigenvalue weighted by Gasteiger charge is -2.09. The number of carbonyl (C=O) groups excluding carboxylic acids is 1. The van der Waals surface area contributed by atoms with Crippen LogP contribution in [0.1, 0.15) is 26.3 Å². The number of hydrogen-bond donors (Lipinski definition) is 0. The number of ether oxygens (including phenoxy) is 1. The molecule has 1 aromatic heterocycles. The van der Waals surface area contributed by atoms with Gasteiger partial charge >= 0.3 is 15.7 Å². The largest absolute Gasteiger partial charge is 0.466 e. The molecular formula is C8H11NO4S2. The van der Waals surface area contributed by atoms with Crippen molar-refractivity contribution in [2.24, 2.45) is 0 Å². The van der Waals surface area contributed by atoms with E-state index in [2.05, 4.69) is 0 Å². The van der Waals surface area contributed by atoms with E-state index in [4.69, 9.17) is 4.74 Å². The Morgan fingerprint density at radius 2 is 1.93 bits per heavy atom. The minimum atomic E-state index is -0.438. The van der Waals surface area contributed by atoms with Crippen molar-refractivity contribution in [3.8, 4) is 0 Å². The number of rotatable bonds is 4. The predicted octanol–water partition coefficient (Wildman–Crippen LogP) is 0.846. The lowest BCUT2D eigenvalue weighted by atomic mass is 10.2. The zero-order chi connectivity index (χ0) is 11.4. The van der Waals surface area contributed by atoms with Crippen LogP contribution in [0.25, 0.3) is 0 Å². The second-order valence-electron chi connectivity index (χ2n) is 2.93. The van der Waals surface area contributed by atoms with Gasteiger partial charge in [0, 0.05) is 6.04 Å². The van der Waals surface area contributed by atoms with Crippen LogP contribution < -0.4 is 9.75 Å². The van der Waals surface area contributed by atoms with Crippen molar-refractivity contribution in [3.63, 3.8) is 0 Å². The fourth-order valence-electron chi connectivity index (χ4n) is 1.14. The molecule has 0 fully saturated rings. The summed E-state index contributed by atoms with van der Waals surface area (Å²) in [5, 5.41) is 0. The molecule has 15 heavy (non-hydrogen) atoms. The number of esters is 1. The lowest BCUT2D eigenvalue weighted by molar-refractivity contribution is -0.143. The quantitative estimate of drug-likeness (QED) is 0.586. The molecule has 1 atom stereocenters. The standard InChI is InChI=1S/C8H11NO4S2/c1-3-13-6(10)4-5(2)9-7(11)14-15-8(9)12/h5H,3-4H2,1-2H3/t5-/m1/s1. The number of nitrogens with zero attached hydrogens (tertiary/aromatic N) is 1. The molecule has 5 nitrogen and oxygen atoms in total. The Morgan fingerprint density at radius 3 is 2.40 bits per heavy atom. The van der Waals surface area contributed by atoms with Gasteiger partial charge < -0.3 is 4.74 Å². The maximum atomic E-state index is 11.3. The van der Waals surface area contributed by atoms with Gasteiger partial charge in [0.25, 0.3) is 0 Å². The van der Waals surface area contributed by atoms with Crippen LogP contribution >= 0.6 is 20.7 Å². The summed E-state index contributed by atoms with van der Waals surface area (Å²) in [6.07, 6.45) is 0.0481. The van der Waals surface area contributed by atoms with Gasteiger partial charge in [0.1, 0.15) is 0 Å². The van der Waals surface area contributed by atoms with E-state index < -0.39 is 12.0 Å². The Balaban J connectivity index is 2.78. The lowest BCUT2D eigenvalue weighted by Crippen LogP contribution is -2.29. The summed E-state index contributed by atoms with van der Waals surface area (Å²) in [4.78, 5) is 33.0. The molecule has 84 valence electrons. The number of carbonyl (C=O) groups is 1. The predicted molar refractivity (Wildman–Crippen MR) is 58.7 cm³/mol. The first-order valence-corrected chi connectivity index (χ1v) is 6.58. The first kappa shape index (κ1) is 12.1. The van der Waals surface area contributed by atoms with Crippen LogP contribution in [0.5, 0.6) is 0 Å². The van der Waals surface area contributed by atoms with Gasteiger partial charge in [0.15, 0.2) is 0 Å². The van der Waals surface area contributed by atoms with E-state index in [-0.39, 0.29) is 16.2 Å². The maximum absolute atomic E-state index is 11.3. The van der Waals surface area contributed by atoms with E-state index >= 15 is 0 Å². The molecule has 0 aliphatic carbocycles. The van der Waals surface area contributed by atoms with Crippen molar-refractivity contribution >= 4 is 26.7 Å². The summed E-state index contributed by atoms with van der Waals surface area (Å²) in [5.41, 5.74) is 0. The Bertz CT molecular complexity index is 416. The SMILES string of the molecule is CCOC(=O)C[C@@H](C)n1c(=O)ssc1=O. The van der Waals surface area contributed by atoms with Crippen molar-refractivity contribution in [3.05, 3.63) is 19.3 Å². The third kappa shape index (κ3) is 3.00. The molecule has 1 heterocycles. The monoisotopic (exact) mass is 249 g/mol. The Morgan fingerprint density at radius 1 is 1.40 bits per heavy atom. The second-order valence-corrected chi connectivity index (χ2v) is 4.96. The molecule has 0 bridgehead atoms. The third-order valence-electron chi connectivity index (χ3n) is 1.79. The van der Waals surface area contributed by atoms with E-state index in [9.17, 15) is 14.4 Å². The molecule has 0 saturated heterocycles. The fraction of sp³-hybridized carbons (Fsp3) is 0.625. The highest BCUT2D eigenvalue weighted by Crippen LogP contribution is 2.08. The van der Waals surface area contributed by atoms with Crippen molar-refractivity contribution in [1.82, 2.24) is 4.57 Å². The molecule has 1 rings (SSSR count). The highest BCUT2D eigenvalue weighted by Gasteiger charge is 2.16. The van der Waals surface area contributed by atoms with Gasteiger partial charge in [0.05, 0.1) is 13.0 Å². The summed E-state index contributed by atoms with van der Waals surface area (Å²) in [6, 6.07) is -0.438. The van der Waals surface area contributed by atoms with Gasteiger partial charge in [-0.15, -0.1) is 0 Å². The number of hydrogen-bond acceptors (Lipinski definition) is 6. The summed E-state index contributed by atoms with van der Waals surface area (Å²) < 4.78 is 5.83. The van der Waals surface area contributed by atoms with Crippen molar-refractivity contribution < 1.29 is 9.53 Å². The molecule has 1 aromatic rings. The second kappa shape index (κ2) is 5.22. The summed E-state index contributed by atoms with van der Waals surface area (Å²) >= 11 is 0. The molecule has 7 heteroatoms. The van der Waals surface area contributed by atoms with Gasteiger partial charge in [0.2, 0.25) is 0 Å². The van der Waals surface area contributed by atoms with Gasteiger partial charge in [-0.05, 0) is 34.5 Å². The van der Waals surface area contributed by atoms with E-state index in [0.717, 1.165) is 25.2 Å². The van der Waals surface area contributed by atoms with Gasteiger partial charge in [-0.2, -0.15) is 0 Å². The van der Waals surface area contributed by atoms with E-state index in [1.54, 1.807) is 13.8 Å². The van der Waals surface area contributed by atoms with Crippen molar-refractivity contribution in [2.75, 3.05) is 6.61 Å².